The Hall–Kier alpha value is -1.76. The molecule has 2 aromatic rings. The highest BCUT2D eigenvalue weighted by Crippen LogP contribution is 2.28. The van der Waals surface area contributed by atoms with Gasteiger partial charge in [-0.2, -0.15) is 0 Å². The number of hydrogen-bond donors (Lipinski definition) is 0. The molecule has 2 aliphatic heterocycles. The van der Waals surface area contributed by atoms with E-state index in [9.17, 15) is 0 Å². The number of piperidine rings is 1. The summed E-state index contributed by atoms with van der Waals surface area (Å²) in [5.74, 6) is 2.76. The van der Waals surface area contributed by atoms with Gasteiger partial charge < -0.3 is 9.30 Å². The molecule has 0 spiro atoms. The number of nitrogens with zero attached hydrogens (tertiary/aromatic N) is 5. The summed E-state index contributed by atoms with van der Waals surface area (Å²) in [6.07, 6.45) is 2.32. The first kappa shape index (κ1) is 19.6. The SMILES string of the molecule is Cc1ccc(CN2CCC(c3nnc(CN4CCOCC4)n3C)CC2)c(C)c1. The van der Waals surface area contributed by atoms with E-state index in [0.29, 0.717) is 5.92 Å². The molecule has 0 radical (unpaired) electrons. The lowest BCUT2D eigenvalue weighted by Gasteiger charge is -2.32. The van der Waals surface area contributed by atoms with Crippen LogP contribution in [0.5, 0.6) is 0 Å². The lowest BCUT2D eigenvalue weighted by molar-refractivity contribution is 0.0326. The second kappa shape index (κ2) is 8.72. The van der Waals surface area contributed by atoms with E-state index in [-0.39, 0.29) is 0 Å². The number of likely N-dealkylation sites (tertiary alicyclic amines) is 1. The minimum Gasteiger partial charge on any atom is -0.379 e. The van der Waals surface area contributed by atoms with Gasteiger partial charge >= 0.3 is 0 Å². The van der Waals surface area contributed by atoms with E-state index in [1.807, 2.05) is 0 Å². The van der Waals surface area contributed by atoms with E-state index in [1.54, 1.807) is 0 Å². The van der Waals surface area contributed by atoms with Crippen molar-refractivity contribution in [3.05, 3.63) is 46.5 Å². The van der Waals surface area contributed by atoms with Gasteiger partial charge in [-0.1, -0.05) is 23.8 Å². The van der Waals surface area contributed by atoms with Gasteiger partial charge in [0.05, 0.1) is 19.8 Å². The monoisotopic (exact) mass is 383 g/mol. The molecule has 0 N–H and O–H groups in total. The van der Waals surface area contributed by atoms with Gasteiger partial charge in [0, 0.05) is 32.6 Å². The van der Waals surface area contributed by atoms with Gasteiger partial charge in [-0.25, -0.2) is 0 Å². The zero-order valence-electron chi connectivity index (χ0n) is 17.5. The van der Waals surface area contributed by atoms with E-state index in [1.165, 1.54) is 16.7 Å². The molecule has 2 saturated heterocycles. The van der Waals surface area contributed by atoms with E-state index in [0.717, 1.165) is 77.0 Å². The van der Waals surface area contributed by atoms with Gasteiger partial charge in [0.25, 0.3) is 0 Å². The molecule has 2 fully saturated rings. The highest BCUT2D eigenvalue weighted by Gasteiger charge is 2.26. The van der Waals surface area contributed by atoms with Gasteiger partial charge in [-0.15, -0.1) is 10.2 Å². The summed E-state index contributed by atoms with van der Waals surface area (Å²) >= 11 is 0. The van der Waals surface area contributed by atoms with Crippen molar-refractivity contribution >= 4 is 0 Å². The molecule has 0 unspecified atom stereocenters. The lowest BCUT2D eigenvalue weighted by Crippen LogP contribution is -2.36. The average Bonchev–Trinajstić information content (AvgIpc) is 3.06. The molecule has 0 saturated carbocycles. The fourth-order valence-corrected chi connectivity index (χ4v) is 4.44. The summed E-state index contributed by atoms with van der Waals surface area (Å²) in [6, 6.07) is 6.81. The molecular weight excluding hydrogens is 350 g/mol. The Morgan fingerprint density at radius 2 is 1.68 bits per heavy atom. The van der Waals surface area contributed by atoms with Crippen LogP contribution in [0, 0.1) is 13.8 Å². The first-order valence-corrected chi connectivity index (χ1v) is 10.6. The van der Waals surface area contributed by atoms with E-state index in [2.05, 4.69) is 63.7 Å². The zero-order valence-corrected chi connectivity index (χ0v) is 17.5. The van der Waals surface area contributed by atoms with Crippen LogP contribution in [0.1, 0.15) is 47.1 Å². The van der Waals surface area contributed by atoms with Crippen LogP contribution in [-0.2, 0) is 24.9 Å². The molecule has 0 amide bonds. The Balaban J connectivity index is 1.33. The molecule has 152 valence electrons. The van der Waals surface area contributed by atoms with Crippen molar-refractivity contribution in [2.45, 2.75) is 45.7 Å². The number of aryl methyl sites for hydroxylation is 2. The fraction of sp³-hybridized carbons (Fsp3) is 0.636. The summed E-state index contributed by atoms with van der Waals surface area (Å²) in [7, 11) is 2.13. The van der Waals surface area contributed by atoms with Crippen LogP contribution in [0.4, 0.5) is 0 Å². The normalized spacial score (nSPS) is 20.0. The number of morpholine rings is 1. The van der Waals surface area contributed by atoms with Gasteiger partial charge in [0.1, 0.15) is 11.6 Å². The maximum atomic E-state index is 5.44. The zero-order chi connectivity index (χ0) is 19.5. The van der Waals surface area contributed by atoms with Crippen molar-refractivity contribution in [2.24, 2.45) is 7.05 Å². The molecule has 1 aromatic heterocycles. The highest BCUT2D eigenvalue weighted by molar-refractivity contribution is 5.30. The van der Waals surface area contributed by atoms with Gasteiger partial charge in [0.15, 0.2) is 0 Å². The van der Waals surface area contributed by atoms with E-state index >= 15 is 0 Å². The smallest absolute Gasteiger partial charge is 0.146 e. The van der Waals surface area contributed by atoms with Crippen molar-refractivity contribution in [2.75, 3.05) is 39.4 Å². The molecule has 0 atom stereocenters. The quantitative estimate of drug-likeness (QED) is 0.794. The van der Waals surface area contributed by atoms with E-state index < -0.39 is 0 Å². The topological polar surface area (TPSA) is 46.4 Å². The summed E-state index contributed by atoms with van der Waals surface area (Å²) < 4.78 is 7.68. The average molecular weight is 384 g/mol. The minimum absolute atomic E-state index is 0.520. The number of rotatable bonds is 5. The van der Waals surface area contributed by atoms with Crippen LogP contribution in [-0.4, -0.2) is 64.0 Å². The largest absolute Gasteiger partial charge is 0.379 e. The standard InChI is InChI=1S/C22H33N5O/c1-17-4-5-20(18(2)14-17)15-26-8-6-19(7-9-26)22-24-23-21(25(22)3)16-27-10-12-28-13-11-27/h4-5,14,19H,6-13,15-16H2,1-3H3. The molecule has 0 aliphatic carbocycles. The van der Waals surface area contributed by atoms with Crippen LogP contribution < -0.4 is 0 Å². The van der Waals surface area contributed by atoms with Crippen LogP contribution in [0.15, 0.2) is 18.2 Å². The summed E-state index contributed by atoms with van der Waals surface area (Å²) in [4.78, 5) is 4.99. The van der Waals surface area contributed by atoms with Crippen molar-refractivity contribution in [3.8, 4) is 0 Å². The molecule has 4 rings (SSSR count). The van der Waals surface area contributed by atoms with Crippen LogP contribution >= 0.6 is 0 Å². The highest BCUT2D eigenvalue weighted by atomic mass is 16.5. The van der Waals surface area contributed by atoms with Crippen molar-refractivity contribution < 1.29 is 4.74 Å². The minimum atomic E-state index is 0.520. The predicted molar refractivity (Wildman–Crippen MR) is 110 cm³/mol. The number of benzene rings is 1. The molecule has 0 bridgehead atoms. The first-order valence-electron chi connectivity index (χ1n) is 10.6. The Bertz CT molecular complexity index is 788. The first-order chi connectivity index (χ1) is 13.6. The van der Waals surface area contributed by atoms with Crippen LogP contribution in [0.25, 0.3) is 0 Å². The van der Waals surface area contributed by atoms with Crippen molar-refractivity contribution in [3.63, 3.8) is 0 Å². The maximum Gasteiger partial charge on any atom is 0.146 e. The summed E-state index contributed by atoms with van der Waals surface area (Å²) in [5.41, 5.74) is 4.20. The van der Waals surface area contributed by atoms with Crippen molar-refractivity contribution in [1.82, 2.24) is 24.6 Å². The summed E-state index contributed by atoms with van der Waals surface area (Å²) in [5, 5.41) is 9.08. The third-order valence-corrected chi connectivity index (χ3v) is 6.31. The van der Waals surface area contributed by atoms with Crippen molar-refractivity contribution in [1.29, 1.82) is 0 Å². The third kappa shape index (κ3) is 4.45. The predicted octanol–water partition coefficient (Wildman–Crippen LogP) is 2.64. The molecule has 2 aliphatic rings. The van der Waals surface area contributed by atoms with Gasteiger partial charge in [-0.3, -0.25) is 9.80 Å². The number of aromatic nitrogens is 3. The van der Waals surface area contributed by atoms with Gasteiger partial charge in [0.2, 0.25) is 0 Å². The van der Waals surface area contributed by atoms with Crippen LogP contribution in [0.2, 0.25) is 0 Å². The van der Waals surface area contributed by atoms with Gasteiger partial charge in [-0.05, 0) is 50.9 Å². The Morgan fingerprint density at radius 1 is 0.964 bits per heavy atom. The lowest BCUT2D eigenvalue weighted by atomic mass is 9.95. The fourth-order valence-electron chi connectivity index (χ4n) is 4.44. The number of hydrogen-bond acceptors (Lipinski definition) is 5. The third-order valence-electron chi connectivity index (χ3n) is 6.31. The second-order valence-corrected chi connectivity index (χ2v) is 8.40. The molecular formula is C22H33N5O. The second-order valence-electron chi connectivity index (χ2n) is 8.40. The Kier molecular flexibility index (Phi) is 6.09. The number of ether oxygens (including phenoxy) is 1. The summed E-state index contributed by atoms with van der Waals surface area (Å²) in [6.45, 7) is 12.2. The molecule has 3 heterocycles. The van der Waals surface area contributed by atoms with E-state index in [4.69, 9.17) is 4.74 Å². The molecule has 1 aromatic carbocycles. The molecule has 28 heavy (non-hydrogen) atoms. The maximum absolute atomic E-state index is 5.44. The molecule has 6 nitrogen and oxygen atoms in total. The Morgan fingerprint density at radius 3 is 2.39 bits per heavy atom. The Labute approximate surface area is 168 Å². The van der Waals surface area contributed by atoms with Crippen LogP contribution in [0.3, 0.4) is 0 Å². The molecule has 6 heteroatoms.